The van der Waals surface area contributed by atoms with Crippen LogP contribution in [0.5, 0.6) is 0 Å². The maximum atomic E-state index is 13.5. The Morgan fingerprint density at radius 1 is 1.22 bits per heavy atom. The van der Waals surface area contributed by atoms with Crippen molar-refractivity contribution in [2.75, 3.05) is 5.32 Å². The Bertz CT molecular complexity index is 604. The molecule has 18 heavy (non-hydrogen) atoms. The molecule has 1 heterocycles. The number of hydrogen-bond acceptors (Lipinski definition) is 2. The summed E-state index contributed by atoms with van der Waals surface area (Å²) in [6, 6.07) is 6.87. The summed E-state index contributed by atoms with van der Waals surface area (Å²) in [5.41, 5.74) is 0.349. The fourth-order valence-electron chi connectivity index (χ4n) is 1.33. The molecule has 0 bridgehead atoms. The highest BCUT2D eigenvalue weighted by molar-refractivity contribution is 6.30. The summed E-state index contributed by atoms with van der Waals surface area (Å²) in [5, 5.41) is 2.88. The number of halogens is 3. The van der Waals surface area contributed by atoms with Crippen molar-refractivity contribution in [3.8, 4) is 0 Å². The number of nitrogens with one attached hydrogen (secondary N) is 1. The first-order valence-corrected chi connectivity index (χ1v) is 5.70. The normalized spacial score (nSPS) is 10.2. The predicted octanol–water partition coefficient (Wildman–Crippen LogP) is 3.78. The smallest absolute Gasteiger partial charge is 0.255 e. The van der Waals surface area contributed by atoms with Gasteiger partial charge in [0, 0.05) is 16.8 Å². The van der Waals surface area contributed by atoms with Gasteiger partial charge in [0.15, 0.2) is 0 Å². The molecule has 0 aliphatic carbocycles. The molecule has 1 aromatic carbocycles. The summed E-state index contributed by atoms with van der Waals surface area (Å²) in [4.78, 5) is 15.6. The van der Waals surface area contributed by atoms with Gasteiger partial charge in [-0.2, -0.15) is 0 Å². The van der Waals surface area contributed by atoms with Gasteiger partial charge in [-0.15, -0.1) is 0 Å². The van der Waals surface area contributed by atoms with Gasteiger partial charge in [0.05, 0.1) is 5.69 Å². The predicted molar refractivity (Wildman–Crippen MR) is 68.6 cm³/mol. The second-order valence-corrected chi connectivity index (χ2v) is 4.27. The van der Waals surface area contributed by atoms with Crippen molar-refractivity contribution in [3.05, 3.63) is 58.1 Å². The van der Waals surface area contributed by atoms with Gasteiger partial charge in [0.25, 0.3) is 5.91 Å². The van der Waals surface area contributed by atoms with Gasteiger partial charge in [0.2, 0.25) is 0 Å². The lowest BCUT2D eigenvalue weighted by Gasteiger charge is -2.06. The minimum absolute atomic E-state index is 0.0531. The van der Waals surface area contributed by atoms with E-state index in [0.29, 0.717) is 5.56 Å². The van der Waals surface area contributed by atoms with E-state index in [2.05, 4.69) is 10.3 Å². The summed E-state index contributed by atoms with van der Waals surface area (Å²) in [6.07, 6.45) is 1.40. The molecule has 1 N–H and O–H groups in total. The largest absolute Gasteiger partial charge is 0.319 e. The van der Waals surface area contributed by atoms with Gasteiger partial charge in [0.1, 0.15) is 11.0 Å². The lowest BCUT2D eigenvalue weighted by Crippen LogP contribution is -2.13. The lowest BCUT2D eigenvalue weighted by atomic mass is 10.2. The average molecular weight is 285 g/mol. The van der Waals surface area contributed by atoms with Crippen LogP contribution in [0.1, 0.15) is 10.4 Å². The number of anilines is 1. The summed E-state index contributed by atoms with van der Waals surface area (Å²) in [7, 11) is 0. The van der Waals surface area contributed by atoms with Crippen LogP contribution in [0.2, 0.25) is 10.2 Å². The van der Waals surface area contributed by atoms with Crippen LogP contribution in [-0.2, 0) is 0 Å². The summed E-state index contributed by atoms with van der Waals surface area (Å²) >= 11 is 11.3. The molecule has 2 rings (SSSR count). The van der Waals surface area contributed by atoms with E-state index in [1.165, 1.54) is 30.5 Å². The Morgan fingerprint density at radius 3 is 2.67 bits per heavy atom. The molecule has 3 nitrogen and oxygen atoms in total. The molecule has 0 spiro atoms. The maximum Gasteiger partial charge on any atom is 0.255 e. The molecule has 2 aromatic rings. The van der Waals surface area contributed by atoms with E-state index >= 15 is 0 Å². The molecule has 0 radical (unpaired) electrons. The van der Waals surface area contributed by atoms with Crippen LogP contribution in [0.4, 0.5) is 10.1 Å². The molecule has 0 unspecified atom stereocenters. The van der Waals surface area contributed by atoms with Crippen molar-refractivity contribution in [2.45, 2.75) is 0 Å². The van der Waals surface area contributed by atoms with Crippen molar-refractivity contribution < 1.29 is 9.18 Å². The summed E-state index contributed by atoms with van der Waals surface area (Å²) < 4.78 is 13.5. The zero-order valence-electron chi connectivity index (χ0n) is 8.95. The number of nitrogens with zero attached hydrogens (tertiary/aromatic N) is 1. The molecule has 0 aliphatic rings. The van der Waals surface area contributed by atoms with E-state index < -0.39 is 11.7 Å². The minimum atomic E-state index is -0.601. The first kappa shape index (κ1) is 12.8. The zero-order valence-corrected chi connectivity index (χ0v) is 10.5. The van der Waals surface area contributed by atoms with Crippen LogP contribution in [0.3, 0.4) is 0 Å². The standard InChI is InChI=1S/C12H7Cl2FN2O/c13-8-1-2-10(9(15)6-8)17-12(18)7-3-4-16-11(14)5-7/h1-6H,(H,17,18). The van der Waals surface area contributed by atoms with Gasteiger partial charge in [-0.25, -0.2) is 9.37 Å². The van der Waals surface area contributed by atoms with E-state index in [4.69, 9.17) is 23.2 Å². The number of carbonyl (C=O) groups is 1. The molecule has 1 aromatic heterocycles. The lowest BCUT2D eigenvalue weighted by molar-refractivity contribution is 0.102. The molecule has 1 amide bonds. The first-order chi connectivity index (χ1) is 8.56. The topological polar surface area (TPSA) is 42.0 Å². The number of rotatable bonds is 2. The van der Waals surface area contributed by atoms with Crippen LogP contribution >= 0.6 is 23.2 Å². The number of amides is 1. The minimum Gasteiger partial charge on any atom is -0.319 e. The number of aromatic nitrogens is 1. The van der Waals surface area contributed by atoms with E-state index in [1.807, 2.05) is 0 Å². The van der Waals surface area contributed by atoms with Crippen molar-refractivity contribution in [1.82, 2.24) is 4.98 Å². The first-order valence-electron chi connectivity index (χ1n) is 4.94. The Kier molecular flexibility index (Phi) is 3.79. The highest BCUT2D eigenvalue weighted by Gasteiger charge is 2.10. The molecule has 0 saturated heterocycles. The van der Waals surface area contributed by atoms with Gasteiger partial charge >= 0.3 is 0 Å². The van der Waals surface area contributed by atoms with E-state index in [1.54, 1.807) is 0 Å². The third-order valence-corrected chi connectivity index (χ3v) is 2.61. The van der Waals surface area contributed by atoms with E-state index in [0.717, 1.165) is 6.07 Å². The highest BCUT2D eigenvalue weighted by Crippen LogP contribution is 2.19. The molecule has 0 saturated carbocycles. The maximum absolute atomic E-state index is 13.5. The van der Waals surface area contributed by atoms with Crippen LogP contribution in [0, 0.1) is 5.82 Å². The van der Waals surface area contributed by atoms with Gasteiger partial charge in [-0.05, 0) is 30.3 Å². The van der Waals surface area contributed by atoms with Crippen molar-refractivity contribution in [3.63, 3.8) is 0 Å². The molecule has 92 valence electrons. The van der Waals surface area contributed by atoms with Crippen LogP contribution in [0.15, 0.2) is 36.5 Å². The summed E-state index contributed by atoms with van der Waals surface area (Å²) in [6.45, 7) is 0. The van der Waals surface area contributed by atoms with Gasteiger partial charge < -0.3 is 5.32 Å². The van der Waals surface area contributed by atoms with Crippen molar-refractivity contribution >= 4 is 34.8 Å². The van der Waals surface area contributed by atoms with Crippen LogP contribution < -0.4 is 5.32 Å². The zero-order chi connectivity index (χ0) is 13.1. The van der Waals surface area contributed by atoms with E-state index in [9.17, 15) is 9.18 Å². The molecular weight excluding hydrogens is 278 g/mol. The van der Waals surface area contributed by atoms with Crippen LogP contribution in [-0.4, -0.2) is 10.9 Å². The SMILES string of the molecule is O=C(Nc1ccc(Cl)cc1F)c1ccnc(Cl)c1. The Balaban J connectivity index is 2.21. The quantitative estimate of drug-likeness (QED) is 0.853. The van der Waals surface area contributed by atoms with Crippen molar-refractivity contribution in [1.29, 1.82) is 0 Å². The van der Waals surface area contributed by atoms with Crippen molar-refractivity contribution in [2.24, 2.45) is 0 Å². The second kappa shape index (κ2) is 5.33. The average Bonchev–Trinajstić information content (AvgIpc) is 2.32. The Hall–Kier alpha value is -1.65. The monoisotopic (exact) mass is 284 g/mol. The summed E-state index contributed by atoms with van der Waals surface area (Å²) in [5.74, 6) is -1.07. The number of hydrogen-bond donors (Lipinski definition) is 1. The molecule has 0 fully saturated rings. The number of carbonyl (C=O) groups excluding carboxylic acids is 1. The molecule has 0 atom stereocenters. The molecule has 0 aliphatic heterocycles. The second-order valence-electron chi connectivity index (χ2n) is 3.45. The Morgan fingerprint density at radius 2 is 2.00 bits per heavy atom. The van der Waals surface area contributed by atoms with Gasteiger partial charge in [-0.1, -0.05) is 23.2 Å². The Labute approximate surface area is 113 Å². The molecule has 6 heteroatoms. The number of pyridine rings is 1. The third-order valence-electron chi connectivity index (χ3n) is 2.17. The highest BCUT2D eigenvalue weighted by atomic mass is 35.5. The number of benzene rings is 1. The van der Waals surface area contributed by atoms with E-state index in [-0.39, 0.29) is 15.9 Å². The third kappa shape index (κ3) is 2.97. The van der Waals surface area contributed by atoms with Crippen LogP contribution in [0.25, 0.3) is 0 Å². The fraction of sp³-hybridized carbons (Fsp3) is 0. The van der Waals surface area contributed by atoms with Gasteiger partial charge in [-0.3, -0.25) is 4.79 Å². The fourth-order valence-corrected chi connectivity index (χ4v) is 1.66. The molecular formula is C12H7Cl2FN2O.